The number of benzene rings is 1. The van der Waals surface area contributed by atoms with Crippen LogP contribution >= 0.6 is 0 Å². The fourth-order valence-corrected chi connectivity index (χ4v) is 2.19. The molecule has 1 aromatic heterocycles. The molecule has 2 rings (SSSR count). The van der Waals surface area contributed by atoms with Gasteiger partial charge < -0.3 is 5.73 Å². The number of hydrogen-bond acceptors (Lipinski definition) is 3. The third kappa shape index (κ3) is 2.23. The van der Waals surface area contributed by atoms with E-state index in [1.54, 1.807) is 30.3 Å². The van der Waals surface area contributed by atoms with Crippen LogP contribution in [0.25, 0.3) is 10.9 Å². The minimum absolute atomic E-state index is 0.140. The summed E-state index contributed by atoms with van der Waals surface area (Å²) in [5.74, 6) is 0.140. The summed E-state index contributed by atoms with van der Waals surface area (Å²) in [5, 5.41) is 0.734. The summed E-state index contributed by atoms with van der Waals surface area (Å²) in [6.45, 7) is 0. The third-order valence-corrected chi connectivity index (χ3v) is 2.80. The summed E-state index contributed by atoms with van der Waals surface area (Å²) in [6, 6.07) is 7.80. The number of sulfonamides is 1. The number of nitrogens with two attached hydrogens (primary N) is 1. The number of anilines is 1. The van der Waals surface area contributed by atoms with Crippen molar-refractivity contribution in [3.63, 3.8) is 0 Å². The van der Waals surface area contributed by atoms with E-state index >= 15 is 0 Å². The lowest BCUT2D eigenvalue weighted by Gasteiger charge is -2.06. The SMILES string of the molecule is CS(=O)(=O)Nc1cc2ccccc2n1C(N)=O. The van der Waals surface area contributed by atoms with E-state index in [-0.39, 0.29) is 5.82 Å². The first kappa shape index (κ1) is 11.5. The Morgan fingerprint density at radius 3 is 2.59 bits per heavy atom. The molecular formula is C10H11N3O3S. The van der Waals surface area contributed by atoms with Crippen molar-refractivity contribution >= 4 is 32.8 Å². The van der Waals surface area contributed by atoms with Gasteiger partial charge in [0.15, 0.2) is 0 Å². The summed E-state index contributed by atoms with van der Waals surface area (Å²) < 4.78 is 25.7. The van der Waals surface area contributed by atoms with Crippen molar-refractivity contribution in [1.82, 2.24) is 4.57 Å². The van der Waals surface area contributed by atoms with Crippen LogP contribution in [0.2, 0.25) is 0 Å². The van der Waals surface area contributed by atoms with Crippen molar-refractivity contribution in [1.29, 1.82) is 0 Å². The monoisotopic (exact) mass is 253 g/mol. The fourth-order valence-electron chi connectivity index (χ4n) is 1.66. The first-order valence-corrected chi connectivity index (χ1v) is 6.66. The zero-order valence-corrected chi connectivity index (χ0v) is 9.86. The highest BCUT2D eigenvalue weighted by Crippen LogP contribution is 2.23. The molecule has 90 valence electrons. The first-order chi connectivity index (χ1) is 7.88. The number of carbonyl (C=O) groups is 1. The fraction of sp³-hybridized carbons (Fsp3) is 0.100. The zero-order valence-electron chi connectivity index (χ0n) is 9.04. The van der Waals surface area contributed by atoms with Crippen LogP contribution in [-0.4, -0.2) is 25.3 Å². The first-order valence-electron chi connectivity index (χ1n) is 4.76. The van der Waals surface area contributed by atoms with Gasteiger partial charge in [0.2, 0.25) is 10.0 Å². The van der Waals surface area contributed by atoms with Crippen molar-refractivity contribution in [2.24, 2.45) is 5.73 Å². The number of nitrogens with one attached hydrogen (secondary N) is 1. The Hall–Kier alpha value is -2.02. The third-order valence-electron chi connectivity index (χ3n) is 2.22. The van der Waals surface area contributed by atoms with E-state index in [0.29, 0.717) is 5.52 Å². The molecule has 0 radical (unpaired) electrons. The van der Waals surface area contributed by atoms with Crippen LogP contribution in [0.5, 0.6) is 0 Å². The lowest BCUT2D eigenvalue weighted by atomic mass is 10.2. The van der Waals surface area contributed by atoms with E-state index in [0.717, 1.165) is 16.2 Å². The van der Waals surface area contributed by atoms with Crippen molar-refractivity contribution in [3.8, 4) is 0 Å². The van der Waals surface area contributed by atoms with E-state index in [2.05, 4.69) is 4.72 Å². The maximum Gasteiger partial charge on any atom is 0.325 e. The number of aromatic nitrogens is 1. The Morgan fingerprint density at radius 2 is 2.00 bits per heavy atom. The molecule has 0 spiro atoms. The normalized spacial score (nSPS) is 11.6. The van der Waals surface area contributed by atoms with E-state index in [9.17, 15) is 13.2 Å². The van der Waals surface area contributed by atoms with Crippen molar-refractivity contribution in [2.45, 2.75) is 0 Å². The van der Waals surface area contributed by atoms with Crippen LogP contribution in [0.3, 0.4) is 0 Å². The largest absolute Gasteiger partial charge is 0.351 e. The molecule has 0 unspecified atom stereocenters. The van der Waals surface area contributed by atoms with Crippen molar-refractivity contribution in [2.75, 3.05) is 11.0 Å². The predicted molar refractivity (Wildman–Crippen MR) is 65.4 cm³/mol. The molecule has 7 heteroatoms. The topological polar surface area (TPSA) is 94.2 Å². The number of amides is 1. The second-order valence-corrected chi connectivity index (χ2v) is 5.38. The lowest BCUT2D eigenvalue weighted by molar-refractivity contribution is 0.251. The van der Waals surface area contributed by atoms with Crippen LogP contribution in [0, 0.1) is 0 Å². The average molecular weight is 253 g/mol. The molecule has 3 N–H and O–H groups in total. The van der Waals surface area contributed by atoms with E-state index in [4.69, 9.17) is 5.73 Å². The summed E-state index contributed by atoms with van der Waals surface area (Å²) in [5.41, 5.74) is 5.79. The Labute approximate surface area is 98.1 Å². The van der Waals surface area contributed by atoms with Crippen LogP contribution in [0.1, 0.15) is 0 Å². The Bertz CT molecular complexity index is 688. The van der Waals surface area contributed by atoms with Gasteiger partial charge in [0.1, 0.15) is 5.82 Å². The number of hydrogen-bond donors (Lipinski definition) is 2. The summed E-state index contributed by atoms with van der Waals surface area (Å²) in [4.78, 5) is 11.3. The summed E-state index contributed by atoms with van der Waals surface area (Å²) in [7, 11) is -3.46. The average Bonchev–Trinajstić information content (AvgIpc) is 2.51. The predicted octanol–water partition coefficient (Wildman–Crippen LogP) is 0.940. The molecule has 0 aliphatic rings. The molecule has 0 aliphatic carbocycles. The highest BCUT2D eigenvalue weighted by molar-refractivity contribution is 7.92. The molecule has 0 aliphatic heterocycles. The minimum atomic E-state index is -3.46. The van der Waals surface area contributed by atoms with Gasteiger partial charge in [0.25, 0.3) is 0 Å². The van der Waals surface area contributed by atoms with Gasteiger partial charge in [0.05, 0.1) is 11.8 Å². The minimum Gasteiger partial charge on any atom is -0.351 e. The maximum atomic E-state index is 11.3. The van der Waals surface area contributed by atoms with Crippen LogP contribution in [0.15, 0.2) is 30.3 Å². The van der Waals surface area contributed by atoms with Crippen LogP contribution in [0.4, 0.5) is 10.6 Å². The van der Waals surface area contributed by atoms with Gasteiger partial charge in [-0.25, -0.2) is 17.8 Å². The van der Waals surface area contributed by atoms with Gasteiger partial charge in [-0.05, 0) is 12.1 Å². The molecule has 0 saturated heterocycles. The highest BCUT2D eigenvalue weighted by atomic mass is 32.2. The van der Waals surface area contributed by atoms with E-state index < -0.39 is 16.1 Å². The number of carbonyl (C=O) groups excluding carboxylic acids is 1. The van der Waals surface area contributed by atoms with Crippen LogP contribution < -0.4 is 10.5 Å². The van der Waals surface area contributed by atoms with Gasteiger partial charge in [-0.15, -0.1) is 0 Å². The number of rotatable bonds is 2. The second-order valence-electron chi connectivity index (χ2n) is 3.64. The van der Waals surface area contributed by atoms with E-state index in [1.807, 2.05) is 0 Å². The Morgan fingerprint density at radius 1 is 1.35 bits per heavy atom. The standard InChI is InChI=1S/C10H11N3O3S/c1-17(15,16)12-9-6-7-4-2-3-5-8(7)13(9)10(11)14/h2-6,12H,1H3,(H2,11,14). The number of fused-ring (bicyclic) bond motifs is 1. The molecular weight excluding hydrogens is 242 g/mol. The lowest BCUT2D eigenvalue weighted by Crippen LogP contribution is -2.23. The molecule has 1 heterocycles. The maximum absolute atomic E-state index is 11.3. The molecule has 0 fully saturated rings. The smallest absolute Gasteiger partial charge is 0.325 e. The molecule has 0 bridgehead atoms. The molecule has 0 saturated carbocycles. The number of primary amides is 1. The molecule has 17 heavy (non-hydrogen) atoms. The van der Waals surface area contributed by atoms with Gasteiger partial charge in [0, 0.05) is 5.39 Å². The zero-order chi connectivity index (χ0) is 12.6. The Balaban J connectivity index is 2.70. The Kier molecular flexibility index (Phi) is 2.55. The van der Waals surface area contributed by atoms with Crippen molar-refractivity contribution in [3.05, 3.63) is 30.3 Å². The van der Waals surface area contributed by atoms with Gasteiger partial charge in [-0.1, -0.05) is 18.2 Å². The van der Waals surface area contributed by atoms with Crippen molar-refractivity contribution < 1.29 is 13.2 Å². The quantitative estimate of drug-likeness (QED) is 0.833. The second kappa shape index (κ2) is 3.77. The molecule has 1 aromatic carbocycles. The van der Waals surface area contributed by atoms with Gasteiger partial charge >= 0.3 is 6.03 Å². The summed E-state index contributed by atoms with van der Waals surface area (Å²) >= 11 is 0. The van der Waals surface area contributed by atoms with E-state index in [1.165, 1.54) is 0 Å². The van der Waals surface area contributed by atoms with Gasteiger partial charge in [-0.2, -0.15) is 0 Å². The van der Waals surface area contributed by atoms with Crippen LogP contribution in [-0.2, 0) is 10.0 Å². The highest BCUT2D eigenvalue weighted by Gasteiger charge is 2.14. The van der Waals surface area contributed by atoms with Gasteiger partial charge in [-0.3, -0.25) is 4.72 Å². The molecule has 6 nitrogen and oxygen atoms in total. The number of para-hydroxylation sites is 1. The molecule has 2 aromatic rings. The number of nitrogens with zero attached hydrogens (tertiary/aromatic N) is 1. The molecule has 1 amide bonds. The summed E-state index contributed by atoms with van der Waals surface area (Å²) in [6.07, 6.45) is 1.01. The molecule has 0 atom stereocenters.